The minimum absolute atomic E-state index is 0.0343. The van der Waals surface area contributed by atoms with E-state index in [-0.39, 0.29) is 17.1 Å². The summed E-state index contributed by atoms with van der Waals surface area (Å²) in [7, 11) is 1.03. The molecule has 1 atom stereocenters. The molecule has 0 aliphatic carbocycles. The van der Waals surface area contributed by atoms with E-state index in [0.717, 1.165) is 7.11 Å². The largest absolute Gasteiger partial charge is 0.468 e. The maximum atomic E-state index is 13.9. The lowest BCUT2D eigenvalue weighted by Gasteiger charge is -2.19. The Hall–Kier alpha value is -2.81. The predicted molar refractivity (Wildman–Crippen MR) is 101 cm³/mol. The van der Waals surface area contributed by atoms with E-state index in [4.69, 9.17) is 0 Å². The third-order valence-corrected chi connectivity index (χ3v) is 4.99. The number of hydrogen-bond acceptors (Lipinski definition) is 5. The number of aliphatic imine (C=N–C) groups is 1. The van der Waals surface area contributed by atoms with E-state index in [0.29, 0.717) is 21.1 Å². The highest BCUT2D eigenvalue weighted by Crippen LogP contribution is 2.45. The van der Waals surface area contributed by atoms with Crippen LogP contribution in [0.3, 0.4) is 0 Å². The minimum Gasteiger partial charge on any atom is -0.468 e. The smallest absolute Gasteiger partial charge is 0.430 e. The lowest BCUT2D eigenvalue weighted by atomic mass is 9.95. The Morgan fingerprint density at radius 3 is 2.39 bits per heavy atom. The number of esters is 1. The van der Waals surface area contributed by atoms with Crippen LogP contribution in [0, 0.1) is 0 Å². The first kappa shape index (κ1) is 18.5. The maximum Gasteiger partial charge on any atom is 0.430 e. The molecule has 0 radical (unpaired) electrons. The Morgan fingerprint density at radius 1 is 1.07 bits per heavy atom. The molecule has 0 saturated carbocycles. The van der Waals surface area contributed by atoms with E-state index < -0.39 is 23.8 Å². The lowest BCUT2D eigenvalue weighted by molar-refractivity contribution is -0.142. The highest BCUT2D eigenvalue weighted by molar-refractivity contribution is 9.10. The van der Waals surface area contributed by atoms with Crippen molar-refractivity contribution in [2.75, 3.05) is 7.11 Å². The molecule has 0 saturated heterocycles. The number of fused-ring (bicyclic) bond motifs is 4. The van der Waals surface area contributed by atoms with Gasteiger partial charge in [0.25, 0.3) is 0 Å². The van der Waals surface area contributed by atoms with Crippen molar-refractivity contribution in [3.05, 3.63) is 52.6 Å². The van der Waals surface area contributed by atoms with E-state index in [2.05, 4.69) is 35.6 Å². The zero-order valence-electron chi connectivity index (χ0n) is 14.3. The summed E-state index contributed by atoms with van der Waals surface area (Å²) in [4.78, 5) is 25.1. The number of methoxy groups -OCH3 is 1. The molecule has 9 heteroatoms. The molecule has 1 aromatic heterocycles. The normalized spacial score (nSPS) is 16.0. The lowest BCUT2D eigenvalue weighted by Crippen LogP contribution is -2.35. The van der Waals surface area contributed by atoms with Gasteiger partial charge in [-0.05, 0) is 34.1 Å². The van der Waals surface area contributed by atoms with Gasteiger partial charge in [-0.3, -0.25) is 4.79 Å². The number of hydrogen-bond donors (Lipinski definition) is 0. The molecule has 2 aromatic carbocycles. The summed E-state index contributed by atoms with van der Waals surface area (Å²) in [6.45, 7) is 0. The molecule has 0 fully saturated rings. The summed E-state index contributed by atoms with van der Waals surface area (Å²) >= 11 is 3.25. The highest BCUT2D eigenvalue weighted by atomic mass is 79.9. The SMILES string of the molecule is COC(=O)C1C(C(F)(F)F)=Nc2c(Br)cccc2-c2nc3ccccc3nc21. The van der Waals surface area contributed by atoms with Gasteiger partial charge in [0.2, 0.25) is 0 Å². The number of rotatable bonds is 1. The number of ether oxygens (including phenoxy) is 1. The summed E-state index contributed by atoms with van der Waals surface area (Å²) in [5, 5.41) is 0. The van der Waals surface area contributed by atoms with Crippen molar-refractivity contribution in [1.29, 1.82) is 0 Å². The van der Waals surface area contributed by atoms with Gasteiger partial charge in [0.05, 0.1) is 35.2 Å². The molecule has 0 spiro atoms. The molecule has 142 valence electrons. The quantitative estimate of drug-likeness (QED) is 0.492. The maximum absolute atomic E-state index is 13.9. The van der Waals surface area contributed by atoms with E-state index in [1.807, 2.05) is 0 Å². The van der Waals surface area contributed by atoms with Gasteiger partial charge >= 0.3 is 12.1 Å². The molecule has 0 N–H and O–H groups in total. The van der Waals surface area contributed by atoms with Crippen LogP contribution in [-0.4, -0.2) is 34.9 Å². The van der Waals surface area contributed by atoms with E-state index in [9.17, 15) is 18.0 Å². The van der Waals surface area contributed by atoms with Crippen molar-refractivity contribution in [2.45, 2.75) is 12.1 Å². The van der Waals surface area contributed by atoms with Gasteiger partial charge < -0.3 is 4.74 Å². The molecule has 1 aliphatic heterocycles. The van der Waals surface area contributed by atoms with Crippen LogP contribution in [-0.2, 0) is 9.53 Å². The fraction of sp³-hybridized carbons (Fsp3) is 0.158. The number of benzene rings is 2. The van der Waals surface area contributed by atoms with E-state index >= 15 is 0 Å². The molecule has 5 nitrogen and oxygen atoms in total. The van der Waals surface area contributed by atoms with Gasteiger partial charge in [-0.2, -0.15) is 13.2 Å². The Balaban J connectivity index is 2.17. The van der Waals surface area contributed by atoms with Crippen LogP contribution in [0.25, 0.3) is 22.3 Å². The second-order valence-corrected chi connectivity index (χ2v) is 6.89. The van der Waals surface area contributed by atoms with Gasteiger partial charge in [-0.15, -0.1) is 0 Å². The first-order valence-electron chi connectivity index (χ1n) is 8.10. The molecule has 2 heterocycles. The molecule has 1 aliphatic rings. The zero-order valence-corrected chi connectivity index (χ0v) is 15.9. The Kier molecular flexibility index (Phi) is 4.41. The molecule has 0 bridgehead atoms. The summed E-state index contributed by atoms with van der Waals surface area (Å²) in [6.07, 6.45) is -4.87. The predicted octanol–water partition coefficient (Wildman–Crippen LogP) is 4.96. The van der Waals surface area contributed by atoms with E-state index in [1.54, 1.807) is 42.5 Å². The van der Waals surface area contributed by atoms with Gasteiger partial charge in [0, 0.05) is 10.0 Å². The average Bonchev–Trinajstić information content (AvgIpc) is 2.81. The second kappa shape index (κ2) is 6.66. The second-order valence-electron chi connectivity index (χ2n) is 6.03. The van der Waals surface area contributed by atoms with Crippen LogP contribution < -0.4 is 0 Å². The van der Waals surface area contributed by atoms with Crippen molar-refractivity contribution in [3.8, 4) is 11.3 Å². The van der Waals surface area contributed by atoms with Gasteiger partial charge in [0.1, 0.15) is 11.6 Å². The number of nitrogens with zero attached hydrogens (tertiary/aromatic N) is 3. The molecule has 28 heavy (non-hydrogen) atoms. The summed E-state index contributed by atoms with van der Waals surface area (Å²) in [5.41, 5.74) is -0.0353. The van der Waals surface area contributed by atoms with Crippen molar-refractivity contribution in [2.24, 2.45) is 4.99 Å². The number of para-hydroxylation sites is 3. The topological polar surface area (TPSA) is 64.4 Å². The summed E-state index contributed by atoms with van der Waals surface area (Å²) < 4.78 is 46.7. The third-order valence-electron chi connectivity index (χ3n) is 4.35. The van der Waals surface area contributed by atoms with Crippen LogP contribution in [0.15, 0.2) is 51.9 Å². The Bertz CT molecular complexity index is 1140. The number of aromatic nitrogens is 2. The zero-order chi connectivity index (χ0) is 20.1. The van der Waals surface area contributed by atoms with Crippen molar-refractivity contribution in [3.63, 3.8) is 0 Å². The van der Waals surface area contributed by atoms with Gasteiger partial charge in [-0.25, -0.2) is 15.0 Å². The standard InChI is InChI=1S/C19H11BrF3N3O2/c1-28-18(27)13-16-15(24-11-7-2-3-8-12(11)25-16)9-5-4-6-10(20)14(9)26-17(13)19(21,22)23/h2-8,13H,1H3. The third kappa shape index (κ3) is 2.95. The number of alkyl halides is 3. The molecule has 3 aromatic rings. The molecule has 4 rings (SSSR count). The Morgan fingerprint density at radius 2 is 1.75 bits per heavy atom. The summed E-state index contributed by atoms with van der Waals surface area (Å²) in [5.74, 6) is -2.96. The number of halogens is 4. The van der Waals surface area contributed by atoms with Crippen LogP contribution >= 0.6 is 15.9 Å². The molecule has 1 unspecified atom stereocenters. The van der Waals surface area contributed by atoms with E-state index in [1.165, 1.54) is 0 Å². The van der Waals surface area contributed by atoms with Gasteiger partial charge in [-0.1, -0.05) is 24.3 Å². The van der Waals surface area contributed by atoms with Crippen LogP contribution in [0.4, 0.5) is 18.9 Å². The number of carbonyl (C=O) groups is 1. The fourth-order valence-electron chi connectivity index (χ4n) is 3.12. The fourth-order valence-corrected chi connectivity index (χ4v) is 3.57. The monoisotopic (exact) mass is 449 g/mol. The molecular formula is C19H11BrF3N3O2. The highest BCUT2D eigenvalue weighted by Gasteiger charge is 2.48. The van der Waals surface area contributed by atoms with Crippen molar-refractivity contribution in [1.82, 2.24) is 9.97 Å². The number of carbonyl (C=O) groups excluding carboxylic acids is 1. The van der Waals surface area contributed by atoms with Crippen LogP contribution in [0.5, 0.6) is 0 Å². The Labute approximate surface area is 165 Å². The average molecular weight is 450 g/mol. The van der Waals surface area contributed by atoms with Crippen molar-refractivity contribution < 1.29 is 22.7 Å². The van der Waals surface area contributed by atoms with Crippen molar-refractivity contribution >= 4 is 44.3 Å². The first-order valence-corrected chi connectivity index (χ1v) is 8.89. The minimum atomic E-state index is -4.87. The first-order chi connectivity index (χ1) is 13.3. The van der Waals surface area contributed by atoms with Crippen LogP contribution in [0.2, 0.25) is 0 Å². The van der Waals surface area contributed by atoms with Gasteiger partial charge in [0.15, 0.2) is 0 Å². The molecular weight excluding hydrogens is 439 g/mol. The molecule has 0 amide bonds. The summed E-state index contributed by atoms with van der Waals surface area (Å²) in [6, 6.07) is 11.6. The van der Waals surface area contributed by atoms with Crippen LogP contribution in [0.1, 0.15) is 11.6 Å².